The number of carbonyl (C=O) groups is 3. The van der Waals surface area contributed by atoms with Crippen molar-refractivity contribution in [3.63, 3.8) is 0 Å². The summed E-state index contributed by atoms with van der Waals surface area (Å²) >= 11 is 0. The SMILES string of the molecule is CC(C)(C)OC(=O)C(Cn1cnc2c(N3CCC(C(=O)O)CC3)ncnc21)NC(=O)OCc1ccccc1. The fourth-order valence-electron chi connectivity index (χ4n) is 4.23. The number of anilines is 1. The molecule has 1 aliphatic rings. The number of carbonyl (C=O) groups excluding carboxylic acids is 2. The molecule has 1 aromatic carbocycles. The molecule has 2 aromatic heterocycles. The highest BCUT2D eigenvalue weighted by atomic mass is 16.6. The number of ether oxygens (including phenoxy) is 2. The van der Waals surface area contributed by atoms with Gasteiger partial charge in [-0.15, -0.1) is 0 Å². The summed E-state index contributed by atoms with van der Waals surface area (Å²) < 4.78 is 12.5. The number of aromatic nitrogens is 4. The minimum atomic E-state index is -1.07. The third-order valence-corrected chi connectivity index (χ3v) is 6.10. The van der Waals surface area contributed by atoms with Gasteiger partial charge in [-0.3, -0.25) is 4.79 Å². The van der Waals surface area contributed by atoms with E-state index in [4.69, 9.17) is 9.47 Å². The average Bonchev–Trinajstić information content (AvgIpc) is 3.29. The van der Waals surface area contributed by atoms with Crippen molar-refractivity contribution < 1.29 is 29.0 Å². The summed E-state index contributed by atoms with van der Waals surface area (Å²) in [5, 5.41) is 11.9. The van der Waals surface area contributed by atoms with Crippen LogP contribution in [-0.4, -0.2) is 67.4 Å². The van der Waals surface area contributed by atoms with Gasteiger partial charge in [0.1, 0.15) is 24.6 Å². The summed E-state index contributed by atoms with van der Waals surface area (Å²) in [4.78, 5) is 52.1. The molecule has 1 saturated heterocycles. The molecule has 0 aliphatic carbocycles. The van der Waals surface area contributed by atoms with Crippen LogP contribution in [0.2, 0.25) is 0 Å². The van der Waals surface area contributed by atoms with Crippen LogP contribution in [0.3, 0.4) is 0 Å². The van der Waals surface area contributed by atoms with Gasteiger partial charge in [0.2, 0.25) is 0 Å². The zero-order valence-corrected chi connectivity index (χ0v) is 21.7. The molecule has 0 saturated carbocycles. The molecule has 202 valence electrons. The van der Waals surface area contributed by atoms with Crippen LogP contribution in [-0.2, 0) is 32.2 Å². The standard InChI is InChI=1S/C26H32N6O6/c1-26(2,3)38-24(35)19(30-25(36)37-14-17-7-5-4-6-8-17)13-32-16-29-20-21(27-15-28-22(20)32)31-11-9-18(10-12-31)23(33)34/h4-8,15-16,18-19H,9-14H2,1-3H3,(H,30,36)(H,33,34). The van der Waals surface area contributed by atoms with Crippen LogP contribution < -0.4 is 10.2 Å². The molecule has 1 fully saturated rings. The summed E-state index contributed by atoms with van der Waals surface area (Å²) in [6.07, 6.45) is 3.20. The number of imidazole rings is 1. The van der Waals surface area contributed by atoms with Crippen molar-refractivity contribution in [3.05, 3.63) is 48.5 Å². The van der Waals surface area contributed by atoms with E-state index in [1.165, 1.54) is 12.7 Å². The van der Waals surface area contributed by atoms with Crippen LogP contribution in [0.5, 0.6) is 0 Å². The molecule has 3 heterocycles. The monoisotopic (exact) mass is 524 g/mol. The number of piperidine rings is 1. The van der Waals surface area contributed by atoms with Crippen molar-refractivity contribution in [1.82, 2.24) is 24.8 Å². The number of esters is 1. The Morgan fingerprint density at radius 1 is 1.11 bits per heavy atom. The van der Waals surface area contributed by atoms with Crippen molar-refractivity contribution in [2.75, 3.05) is 18.0 Å². The minimum absolute atomic E-state index is 0.00337. The highest BCUT2D eigenvalue weighted by Crippen LogP contribution is 2.27. The van der Waals surface area contributed by atoms with Crippen molar-refractivity contribution in [3.8, 4) is 0 Å². The fraction of sp³-hybridized carbons (Fsp3) is 0.462. The number of amides is 1. The van der Waals surface area contributed by atoms with E-state index < -0.39 is 29.7 Å². The Morgan fingerprint density at radius 3 is 2.47 bits per heavy atom. The maximum Gasteiger partial charge on any atom is 0.408 e. The summed E-state index contributed by atoms with van der Waals surface area (Å²) in [5.41, 5.74) is 1.05. The zero-order valence-electron chi connectivity index (χ0n) is 21.7. The van der Waals surface area contributed by atoms with E-state index in [-0.39, 0.29) is 19.1 Å². The second-order valence-corrected chi connectivity index (χ2v) is 10.2. The van der Waals surface area contributed by atoms with Gasteiger partial charge >= 0.3 is 18.0 Å². The Bertz CT molecular complexity index is 1280. The largest absolute Gasteiger partial charge is 0.481 e. The number of aliphatic carboxylic acids is 1. The molecular formula is C26H32N6O6. The molecule has 1 atom stereocenters. The first-order valence-corrected chi connectivity index (χ1v) is 12.4. The Labute approximate surface area is 220 Å². The summed E-state index contributed by atoms with van der Waals surface area (Å²) in [6.45, 7) is 6.36. The first-order valence-electron chi connectivity index (χ1n) is 12.4. The molecule has 3 aromatic rings. The van der Waals surface area contributed by atoms with E-state index in [1.54, 1.807) is 25.3 Å². The third kappa shape index (κ3) is 6.75. The normalized spacial score (nSPS) is 15.2. The quantitative estimate of drug-likeness (QED) is 0.421. The number of nitrogens with zero attached hydrogens (tertiary/aromatic N) is 5. The van der Waals surface area contributed by atoms with Crippen LogP contribution in [0, 0.1) is 5.92 Å². The van der Waals surface area contributed by atoms with Crippen LogP contribution in [0.25, 0.3) is 11.2 Å². The highest BCUT2D eigenvalue weighted by Gasteiger charge is 2.30. The first-order chi connectivity index (χ1) is 18.1. The van der Waals surface area contributed by atoms with E-state index in [2.05, 4.69) is 20.3 Å². The molecule has 0 spiro atoms. The third-order valence-electron chi connectivity index (χ3n) is 6.10. The van der Waals surface area contributed by atoms with Crippen molar-refractivity contribution in [1.29, 1.82) is 0 Å². The van der Waals surface area contributed by atoms with Crippen LogP contribution >= 0.6 is 0 Å². The topological polar surface area (TPSA) is 149 Å². The molecule has 0 bridgehead atoms. The predicted molar refractivity (Wildman–Crippen MR) is 137 cm³/mol. The number of nitrogens with one attached hydrogen (secondary N) is 1. The van der Waals surface area contributed by atoms with Crippen LogP contribution in [0.4, 0.5) is 10.6 Å². The predicted octanol–water partition coefficient (Wildman–Crippen LogP) is 2.76. The Balaban J connectivity index is 1.51. The Morgan fingerprint density at radius 2 is 1.82 bits per heavy atom. The molecule has 1 aliphatic heterocycles. The van der Waals surface area contributed by atoms with Crippen molar-refractivity contribution >= 4 is 35.0 Å². The fourth-order valence-corrected chi connectivity index (χ4v) is 4.23. The van der Waals surface area contributed by atoms with Gasteiger partial charge in [-0.25, -0.2) is 24.5 Å². The smallest absolute Gasteiger partial charge is 0.408 e. The molecule has 0 radical (unpaired) electrons. The molecule has 12 nitrogen and oxygen atoms in total. The lowest BCUT2D eigenvalue weighted by atomic mass is 9.97. The summed E-state index contributed by atoms with van der Waals surface area (Å²) in [6, 6.07) is 8.14. The number of benzene rings is 1. The lowest BCUT2D eigenvalue weighted by Gasteiger charge is -2.30. The molecule has 12 heteroatoms. The maximum absolute atomic E-state index is 13.0. The lowest BCUT2D eigenvalue weighted by molar-refractivity contribution is -0.157. The number of hydrogen-bond donors (Lipinski definition) is 2. The number of rotatable bonds is 8. The number of carboxylic acid groups (broad SMARTS) is 1. The van der Waals surface area contributed by atoms with Gasteiger partial charge in [-0.05, 0) is 39.2 Å². The molecule has 1 amide bonds. The minimum Gasteiger partial charge on any atom is -0.481 e. The number of alkyl carbamates (subject to hydrolysis) is 1. The Kier molecular flexibility index (Phi) is 8.08. The van der Waals surface area contributed by atoms with Gasteiger partial charge < -0.3 is 29.4 Å². The van der Waals surface area contributed by atoms with E-state index in [1.807, 2.05) is 35.2 Å². The van der Waals surface area contributed by atoms with Crippen molar-refractivity contribution in [2.24, 2.45) is 5.92 Å². The molecule has 2 N–H and O–H groups in total. The molecule has 1 unspecified atom stereocenters. The molecule has 4 rings (SSSR count). The Hall–Kier alpha value is -4.22. The van der Waals surface area contributed by atoms with Crippen molar-refractivity contribution in [2.45, 2.75) is 58.4 Å². The molecule has 38 heavy (non-hydrogen) atoms. The second-order valence-electron chi connectivity index (χ2n) is 10.2. The first kappa shape index (κ1) is 26.8. The number of hydrogen-bond acceptors (Lipinski definition) is 9. The van der Waals surface area contributed by atoms with Gasteiger partial charge in [-0.1, -0.05) is 30.3 Å². The summed E-state index contributed by atoms with van der Waals surface area (Å²) in [7, 11) is 0. The van der Waals surface area contributed by atoms with E-state index in [0.29, 0.717) is 42.9 Å². The highest BCUT2D eigenvalue weighted by molar-refractivity contribution is 5.85. The van der Waals surface area contributed by atoms with Crippen LogP contribution in [0.1, 0.15) is 39.2 Å². The van der Waals surface area contributed by atoms with E-state index in [9.17, 15) is 19.5 Å². The van der Waals surface area contributed by atoms with Gasteiger partial charge in [-0.2, -0.15) is 0 Å². The lowest BCUT2D eigenvalue weighted by Crippen LogP contribution is -2.46. The average molecular weight is 525 g/mol. The maximum atomic E-state index is 13.0. The summed E-state index contributed by atoms with van der Waals surface area (Å²) in [5.74, 6) is -1.18. The number of fused-ring (bicyclic) bond motifs is 1. The van der Waals surface area contributed by atoms with Gasteiger partial charge in [0, 0.05) is 13.1 Å². The zero-order chi connectivity index (χ0) is 27.3. The van der Waals surface area contributed by atoms with Gasteiger partial charge in [0.05, 0.1) is 18.8 Å². The van der Waals surface area contributed by atoms with E-state index >= 15 is 0 Å². The van der Waals surface area contributed by atoms with Gasteiger partial charge in [0.25, 0.3) is 0 Å². The van der Waals surface area contributed by atoms with E-state index in [0.717, 1.165) is 5.56 Å². The van der Waals surface area contributed by atoms with Crippen LogP contribution in [0.15, 0.2) is 43.0 Å². The second kappa shape index (κ2) is 11.4. The molecular weight excluding hydrogens is 492 g/mol. The van der Waals surface area contributed by atoms with Gasteiger partial charge in [0.15, 0.2) is 17.0 Å². The number of carboxylic acids is 1.